The summed E-state index contributed by atoms with van der Waals surface area (Å²) >= 11 is 0. The highest BCUT2D eigenvalue weighted by Gasteiger charge is 2.00. The van der Waals surface area contributed by atoms with Gasteiger partial charge in [-0.1, -0.05) is 32.4 Å². The average molecular weight is 198 g/mol. The van der Waals surface area contributed by atoms with Gasteiger partial charge in [-0.25, -0.2) is 0 Å². The molecular weight excluding hydrogens is 176 g/mol. The first-order chi connectivity index (χ1) is 6.81. The highest BCUT2D eigenvalue weighted by Crippen LogP contribution is 2.00. The Morgan fingerprint density at radius 3 is 2.64 bits per heavy atom. The standard InChI is InChI=1S/C12H22O2/c1-3-5-7-8-9-10-12(13)14-11-6-4-2/h5,7H,3-4,6,8-11H2,1-2H3. The van der Waals surface area contributed by atoms with E-state index in [1.807, 2.05) is 0 Å². The number of carbonyl (C=O) groups excluding carboxylic acids is 1. The molecule has 0 N–H and O–H groups in total. The van der Waals surface area contributed by atoms with E-state index in [0.717, 1.165) is 32.1 Å². The predicted octanol–water partition coefficient (Wildman–Crippen LogP) is 3.47. The van der Waals surface area contributed by atoms with Gasteiger partial charge in [0, 0.05) is 6.42 Å². The van der Waals surface area contributed by atoms with Crippen molar-refractivity contribution >= 4 is 5.97 Å². The molecule has 2 heteroatoms. The lowest BCUT2D eigenvalue weighted by Gasteiger charge is -2.02. The molecule has 0 radical (unpaired) electrons. The lowest BCUT2D eigenvalue weighted by molar-refractivity contribution is -0.143. The Bertz CT molecular complexity index is 162. The monoisotopic (exact) mass is 198 g/mol. The lowest BCUT2D eigenvalue weighted by atomic mass is 10.2. The van der Waals surface area contributed by atoms with Gasteiger partial charge in [-0.05, 0) is 25.7 Å². The molecule has 0 aromatic carbocycles. The number of hydrogen-bond donors (Lipinski definition) is 0. The Labute approximate surface area is 87.3 Å². The van der Waals surface area contributed by atoms with Crippen LogP contribution in [-0.4, -0.2) is 12.6 Å². The van der Waals surface area contributed by atoms with Crippen molar-refractivity contribution < 1.29 is 9.53 Å². The molecule has 0 fully saturated rings. The van der Waals surface area contributed by atoms with Gasteiger partial charge in [0.1, 0.15) is 0 Å². The van der Waals surface area contributed by atoms with E-state index in [1.165, 1.54) is 0 Å². The number of hydrogen-bond acceptors (Lipinski definition) is 2. The molecule has 0 unspecified atom stereocenters. The summed E-state index contributed by atoms with van der Waals surface area (Å²) in [7, 11) is 0. The molecule has 0 spiro atoms. The number of ether oxygens (including phenoxy) is 1. The summed E-state index contributed by atoms with van der Waals surface area (Å²) in [5.74, 6) is -0.0525. The molecule has 2 nitrogen and oxygen atoms in total. The van der Waals surface area contributed by atoms with E-state index in [1.54, 1.807) is 0 Å². The predicted molar refractivity (Wildman–Crippen MR) is 59.1 cm³/mol. The van der Waals surface area contributed by atoms with E-state index < -0.39 is 0 Å². The van der Waals surface area contributed by atoms with Crippen LogP contribution in [0.15, 0.2) is 12.2 Å². The van der Waals surface area contributed by atoms with E-state index in [0.29, 0.717) is 13.0 Å². The summed E-state index contributed by atoms with van der Waals surface area (Å²) in [6.45, 7) is 4.78. The van der Waals surface area contributed by atoms with Crippen LogP contribution in [0, 0.1) is 0 Å². The third kappa shape index (κ3) is 9.30. The maximum Gasteiger partial charge on any atom is 0.305 e. The molecule has 0 saturated carbocycles. The van der Waals surface area contributed by atoms with Crippen LogP contribution in [0.4, 0.5) is 0 Å². The molecule has 0 saturated heterocycles. The zero-order valence-electron chi connectivity index (χ0n) is 9.42. The average Bonchev–Trinajstić information content (AvgIpc) is 2.18. The molecule has 0 rings (SSSR count). The second kappa shape index (κ2) is 10.3. The van der Waals surface area contributed by atoms with Crippen molar-refractivity contribution in [2.24, 2.45) is 0 Å². The van der Waals surface area contributed by atoms with Crippen molar-refractivity contribution in [1.29, 1.82) is 0 Å². The molecule has 0 aliphatic rings. The molecule has 0 aromatic rings. The fraction of sp³-hybridized carbons (Fsp3) is 0.750. The van der Waals surface area contributed by atoms with E-state index in [9.17, 15) is 4.79 Å². The molecule has 0 amide bonds. The minimum absolute atomic E-state index is 0.0525. The van der Waals surface area contributed by atoms with Crippen LogP contribution in [0.1, 0.15) is 52.4 Å². The van der Waals surface area contributed by atoms with Gasteiger partial charge in [0.2, 0.25) is 0 Å². The van der Waals surface area contributed by atoms with Crippen LogP contribution in [0.2, 0.25) is 0 Å². The molecule has 0 heterocycles. The summed E-state index contributed by atoms with van der Waals surface area (Å²) < 4.78 is 5.03. The van der Waals surface area contributed by atoms with Crippen molar-refractivity contribution in [2.45, 2.75) is 52.4 Å². The molecule has 0 aliphatic heterocycles. The maximum absolute atomic E-state index is 11.1. The Morgan fingerprint density at radius 2 is 2.00 bits per heavy atom. The van der Waals surface area contributed by atoms with E-state index in [-0.39, 0.29) is 5.97 Å². The molecule has 0 atom stereocenters. The van der Waals surface area contributed by atoms with Gasteiger partial charge in [-0.15, -0.1) is 0 Å². The SMILES string of the molecule is CCC=CCCCC(=O)OCCCC. The molecule has 82 valence electrons. The van der Waals surface area contributed by atoms with Crippen molar-refractivity contribution in [2.75, 3.05) is 6.61 Å². The first kappa shape index (κ1) is 13.2. The Morgan fingerprint density at radius 1 is 1.21 bits per heavy atom. The molecule has 0 aromatic heterocycles. The van der Waals surface area contributed by atoms with Crippen LogP contribution in [-0.2, 0) is 9.53 Å². The van der Waals surface area contributed by atoms with E-state index in [2.05, 4.69) is 26.0 Å². The van der Waals surface area contributed by atoms with Crippen LogP contribution < -0.4 is 0 Å². The third-order valence-electron chi connectivity index (χ3n) is 1.92. The Kier molecular flexibility index (Phi) is 9.71. The van der Waals surface area contributed by atoms with Gasteiger partial charge in [-0.2, -0.15) is 0 Å². The van der Waals surface area contributed by atoms with Crippen LogP contribution in [0.3, 0.4) is 0 Å². The van der Waals surface area contributed by atoms with Crippen molar-refractivity contribution in [1.82, 2.24) is 0 Å². The topological polar surface area (TPSA) is 26.3 Å². The number of unbranched alkanes of at least 4 members (excludes halogenated alkanes) is 2. The summed E-state index contributed by atoms with van der Waals surface area (Å²) in [5, 5.41) is 0. The smallest absolute Gasteiger partial charge is 0.305 e. The van der Waals surface area contributed by atoms with Gasteiger partial charge in [0.15, 0.2) is 0 Å². The second-order valence-corrected chi connectivity index (χ2v) is 3.35. The third-order valence-corrected chi connectivity index (χ3v) is 1.92. The number of carbonyl (C=O) groups is 1. The first-order valence-corrected chi connectivity index (χ1v) is 5.61. The van der Waals surface area contributed by atoms with Gasteiger partial charge in [0.05, 0.1) is 6.61 Å². The normalized spacial score (nSPS) is 10.7. The highest BCUT2D eigenvalue weighted by atomic mass is 16.5. The molecular formula is C12H22O2. The van der Waals surface area contributed by atoms with Gasteiger partial charge in [0.25, 0.3) is 0 Å². The Balaban J connectivity index is 3.22. The van der Waals surface area contributed by atoms with Crippen molar-refractivity contribution in [3.8, 4) is 0 Å². The second-order valence-electron chi connectivity index (χ2n) is 3.35. The van der Waals surface area contributed by atoms with E-state index >= 15 is 0 Å². The quantitative estimate of drug-likeness (QED) is 0.339. The van der Waals surface area contributed by atoms with Crippen LogP contribution in [0.5, 0.6) is 0 Å². The Hall–Kier alpha value is -0.790. The number of allylic oxidation sites excluding steroid dienone is 2. The minimum atomic E-state index is -0.0525. The fourth-order valence-corrected chi connectivity index (χ4v) is 1.05. The number of rotatable bonds is 8. The molecule has 0 aliphatic carbocycles. The highest BCUT2D eigenvalue weighted by molar-refractivity contribution is 5.69. The maximum atomic E-state index is 11.1. The minimum Gasteiger partial charge on any atom is -0.466 e. The van der Waals surface area contributed by atoms with Crippen LogP contribution >= 0.6 is 0 Å². The zero-order chi connectivity index (χ0) is 10.6. The lowest BCUT2D eigenvalue weighted by Crippen LogP contribution is -2.04. The molecule has 14 heavy (non-hydrogen) atoms. The van der Waals surface area contributed by atoms with Gasteiger partial charge < -0.3 is 4.74 Å². The van der Waals surface area contributed by atoms with Crippen LogP contribution in [0.25, 0.3) is 0 Å². The van der Waals surface area contributed by atoms with Crippen molar-refractivity contribution in [3.05, 3.63) is 12.2 Å². The fourth-order valence-electron chi connectivity index (χ4n) is 1.05. The first-order valence-electron chi connectivity index (χ1n) is 5.61. The summed E-state index contributed by atoms with van der Waals surface area (Å²) in [5.41, 5.74) is 0. The van der Waals surface area contributed by atoms with Gasteiger partial charge >= 0.3 is 5.97 Å². The summed E-state index contributed by atoms with van der Waals surface area (Å²) in [4.78, 5) is 11.1. The molecule has 0 bridgehead atoms. The van der Waals surface area contributed by atoms with Gasteiger partial charge in [-0.3, -0.25) is 4.79 Å². The summed E-state index contributed by atoms with van der Waals surface area (Å²) in [6, 6.07) is 0. The van der Waals surface area contributed by atoms with E-state index in [4.69, 9.17) is 4.74 Å². The summed E-state index contributed by atoms with van der Waals surface area (Å²) in [6.07, 6.45) is 9.81. The van der Waals surface area contributed by atoms with Crippen molar-refractivity contribution in [3.63, 3.8) is 0 Å². The number of esters is 1. The zero-order valence-corrected chi connectivity index (χ0v) is 9.42. The largest absolute Gasteiger partial charge is 0.466 e.